The lowest BCUT2D eigenvalue weighted by Crippen LogP contribution is -2.03. The maximum Gasteiger partial charge on any atom is 0.101 e. The molecule has 0 heterocycles. The van der Waals surface area contributed by atoms with E-state index < -0.39 is 0 Å². The minimum atomic E-state index is 0.551. The third kappa shape index (κ3) is 2.64. The van der Waals surface area contributed by atoms with E-state index >= 15 is 0 Å². The van der Waals surface area contributed by atoms with E-state index in [1.165, 1.54) is 0 Å². The smallest absolute Gasteiger partial charge is 0.101 e. The average Bonchev–Trinajstić information content (AvgIpc) is 2.26. The molecule has 1 N–H and O–H groups in total. The Morgan fingerprint density at radius 3 is 2.67 bits per heavy atom. The van der Waals surface area contributed by atoms with Crippen LogP contribution >= 0.6 is 11.6 Å². The highest BCUT2D eigenvalue weighted by molar-refractivity contribution is 6.32. The molecule has 3 heteroatoms. The predicted octanol–water partition coefficient (Wildman–Crippen LogP) is 3.60. The molecule has 1 aromatic carbocycles. The number of halogens is 1. The molecule has 0 atom stereocenters. The molecule has 0 amide bonds. The Labute approximate surface area is 95.9 Å². The summed E-state index contributed by atoms with van der Waals surface area (Å²) in [5.74, 6) is 0. The third-order valence-corrected chi connectivity index (χ3v) is 2.71. The van der Waals surface area contributed by atoms with Crippen molar-refractivity contribution in [3.8, 4) is 6.07 Å². The first kappa shape index (κ1) is 11.9. The molecule has 0 aliphatic carbocycles. The largest absolute Gasteiger partial charge is 0.385 e. The molecule has 0 aromatic heterocycles. The van der Waals surface area contributed by atoms with Crippen molar-refractivity contribution in [3.63, 3.8) is 0 Å². The number of hydrogen-bond acceptors (Lipinski definition) is 2. The maximum atomic E-state index is 8.85. The summed E-state index contributed by atoms with van der Waals surface area (Å²) >= 11 is 6.13. The highest BCUT2D eigenvalue weighted by Gasteiger charge is 2.09. The van der Waals surface area contributed by atoms with Gasteiger partial charge in [0.25, 0.3) is 0 Å². The van der Waals surface area contributed by atoms with Gasteiger partial charge in [-0.05, 0) is 30.5 Å². The van der Waals surface area contributed by atoms with Crippen molar-refractivity contribution in [3.05, 3.63) is 28.3 Å². The molecule has 0 saturated heterocycles. The quantitative estimate of drug-likeness (QED) is 0.845. The van der Waals surface area contributed by atoms with Gasteiger partial charge < -0.3 is 5.32 Å². The fourth-order valence-corrected chi connectivity index (χ4v) is 1.82. The molecule has 0 spiro atoms. The summed E-state index contributed by atoms with van der Waals surface area (Å²) in [7, 11) is 0. The molecule has 0 radical (unpaired) electrons. The van der Waals surface area contributed by atoms with Gasteiger partial charge >= 0.3 is 0 Å². The molecule has 0 aliphatic heterocycles. The van der Waals surface area contributed by atoms with Crippen molar-refractivity contribution >= 4 is 17.3 Å². The van der Waals surface area contributed by atoms with Gasteiger partial charge in [-0.25, -0.2) is 0 Å². The number of rotatable bonds is 4. The van der Waals surface area contributed by atoms with Crippen LogP contribution in [0.4, 0.5) is 5.69 Å². The van der Waals surface area contributed by atoms with Crippen LogP contribution in [0.25, 0.3) is 0 Å². The first-order valence-electron chi connectivity index (χ1n) is 5.19. The number of nitriles is 1. The van der Waals surface area contributed by atoms with Gasteiger partial charge in [-0.15, -0.1) is 0 Å². The van der Waals surface area contributed by atoms with Crippen LogP contribution in [0.15, 0.2) is 12.1 Å². The lowest BCUT2D eigenvalue weighted by atomic mass is 10.1. The van der Waals surface area contributed by atoms with Gasteiger partial charge in [0.2, 0.25) is 0 Å². The summed E-state index contributed by atoms with van der Waals surface area (Å²) in [5.41, 5.74) is 2.63. The Morgan fingerprint density at radius 1 is 1.40 bits per heavy atom. The van der Waals surface area contributed by atoms with Crippen LogP contribution in [0.2, 0.25) is 5.02 Å². The van der Waals surface area contributed by atoms with Crippen LogP contribution in [0.1, 0.15) is 31.4 Å². The highest BCUT2D eigenvalue weighted by atomic mass is 35.5. The SMILES string of the molecule is CCCNc1ccc(C#N)c(Cl)c1CC. The van der Waals surface area contributed by atoms with Crippen LogP contribution in [0, 0.1) is 11.3 Å². The fraction of sp³-hybridized carbons (Fsp3) is 0.417. The first-order chi connectivity index (χ1) is 7.24. The Kier molecular flexibility index (Phi) is 4.45. The van der Waals surface area contributed by atoms with E-state index in [4.69, 9.17) is 16.9 Å². The molecule has 0 unspecified atom stereocenters. The summed E-state index contributed by atoms with van der Waals surface area (Å²) in [5, 5.41) is 12.7. The minimum absolute atomic E-state index is 0.551. The summed E-state index contributed by atoms with van der Waals surface area (Å²) < 4.78 is 0. The van der Waals surface area contributed by atoms with Gasteiger partial charge in [-0.3, -0.25) is 0 Å². The zero-order valence-electron chi connectivity index (χ0n) is 9.10. The lowest BCUT2D eigenvalue weighted by molar-refractivity contribution is 0.972. The zero-order valence-corrected chi connectivity index (χ0v) is 9.86. The molecule has 0 fully saturated rings. The number of nitrogens with one attached hydrogen (secondary N) is 1. The van der Waals surface area contributed by atoms with E-state index in [1.54, 1.807) is 6.07 Å². The van der Waals surface area contributed by atoms with Gasteiger partial charge in [0, 0.05) is 12.2 Å². The average molecular weight is 223 g/mol. The van der Waals surface area contributed by atoms with Gasteiger partial charge in [0.1, 0.15) is 6.07 Å². The lowest BCUT2D eigenvalue weighted by Gasteiger charge is -2.12. The molecule has 0 aliphatic rings. The minimum Gasteiger partial charge on any atom is -0.385 e. The summed E-state index contributed by atoms with van der Waals surface area (Å²) in [6, 6.07) is 5.79. The summed E-state index contributed by atoms with van der Waals surface area (Å²) in [6.07, 6.45) is 1.90. The van der Waals surface area contributed by atoms with E-state index in [0.29, 0.717) is 10.6 Å². The van der Waals surface area contributed by atoms with Crippen molar-refractivity contribution in [2.24, 2.45) is 0 Å². The van der Waals surface area contributed by atoms with Crippen molar-refractivity contribution in [1.29, 1.82) is 5.26 Å². The Hall–Kier alpha value is -1.20. The van der Waals surface area contributed by atoms with E-state index in [-0.39, 0.29) is 0 Å². The van der Waals surface area contributed by atoms with Crippen molar-refractivity contribution in [2.75, 3.05) is 11.9 Å². The Balaban J connectivity index is 3.08. The van der Waals surface area contributed by atoms with E-state index in [2.05, 4.69) is 18.3 Å². The predicted molar refractivity (Wildman–Crippen MR) is 64.3 cm³/mol. The van der Waals surface area contributed by atoms with Crippen LogP contribution in [0.5, 0.6) is 0 Å². The van der Waals surface area contributed by atoms with E-state index in [1.807, 2.05) is 13.0 Å². The first-order valence-corrected chi connectivity index (χ1v) is 5.57. The van der Waals surface area contributed by atoms with Crippen LogP contribution in [-0.4, -0.2) is 6.54 Å². The molecular formula is C12H15ClN2. The third-order valence-electron chi connectivity index (χ3n) is 2.28. The van der Waals surface area contributed by atoms with Crippen molar-refractivity contribution in [1.82, 2.24) is 0 Å². The van der Waals surface area contributed by atoms with Gasteiger partial charge in [0.15, 0.2) is 0 Å². The second kappa shape index (κ2) is 5.63. The van der Waals surface area contributed by atoms with E-state index in [0.717, 1.165) is 30.6 Å². The van der Waals surface area contributed by atoms with E-state index in [9.17, 15) is 0 Å². The second-order valence-electron chi connectivity index (χ2n) is 3.35. The second-order valence-corrected chi connectivity index (χ2v) is 3.72. The summed E-state index contributed by atoms with van der Waals surface area (Å²) in [4.78, 5) is 0. The normalized spacial score (nSPS) is 9.73. The number of nitrogens with zero attached hydrogens (tertiary/aromatic N) is 1. The monoisotopic (exact) mass is 222 g/mol. The molecule has 15 heavy (non-hydrogen) atoms. The van der Waals surface area contributed by atoms with Crippen LogP contribution in [0.3, 0.4) is 0 Å². The standard InChI is InChI=1S/C12H15ClN2/c1-3-7-15-11-6-5-9(8-14)12(13)10(11)4-2/h5-6,15H,3-4,7H2,1-2H3. The Morgan fingerprint density at radius 2 is 2.13 bits per heavy atom. The van der Waals surface area contributed by atoms with Crippen LogP contribution in [-0.2, 0) is 6.42 Å². The number of anilines is 1. The fourth-order valence-electron chi connectivity index (χ4n) is 1.48. The molecule has 0 saturated carbocycles. The Bertz CT molecular complexity index is 380. The molecule has 2 nitrogen and oxygen atoms in total. The van der Waals surface area contributed by atoms with Crippen molar-refractivity contribution < 1.29 is 0 Å². The number of hydrogen-bond donors (Lipinski definition) is 1. The topological polar surface area (TPSA) is 35.8 Å². The van der Waals surface area contributed by atoms with Crippen LogP contribution < -0.4 is 5.32 Å². The zero-order chi connectivity index (χ0) is 11.3. The molecular weight excluding hydrogens is 208 g/mol. The number of benzene rings is 1. The molecule has 1 aromatic rings. The van der Waals surface area contributed by atoms with Crippen molar-refractivity contribution in [2.45, 2.75) is 26.7 Å². The van der Waals surface area contributed by atoms with Gasteiger partial charge in [-0.1, -0.05) is 25.4 Å². The maximum absolute atomic E-state index is 8.85. The van der Waals surface area contributed by atoms with Gasteiger partial charge in [0.05, 0.1) is 10.6 Å². The summed E-state index contributed by atoms with van der Waals surface area (Å²) in [6.45, 7) is 5.08. The molecule has 0 bridgehead atoms. The molecule has 80 valence electrons. The molecule has 1 rings (SSSR count). The van der Waals surface area contributed by atoms with Gasteiger partial charge in [-0.2, -0.15) is 5.26 Å². The highest BCUT2D eigenvalue weighted by Crippen LogP contribution is 2.28.